The third kappa shape index (κ3) is 4.35. The van der Waals surface area contributed by atoms with Gasteiger partial charge in [-0.05, 0) is 62.7 Å². The van der Waals surface area contributed by atoms with Crippen molar-refractivity contribution in [2.75, 3.05) is 26.2 Å². The third-order valence-corrected chi connectivity index (χ3v) is 5.94. The Morgan fingerprint density at radius 2 is 1.78 bits per heavy atom. The molecule has 7 heteroatoms. The van der Waals surface area contributed by atoms with Gasteiger partial charge in [0.1, 0.15) is 5.69 Å². The molecule has 0 bridgehead atoms. The van der Waals surface area contributed by atoms with Gasteiger partial charge in [0.25, 0.3) is 5.91 Å². The van der Waals surface area contributed by atoms with Crippen molar-refractivity contribution in [3.63, 3.8) is 0 Å². The molecular weight excluding hydrogens is 342 g/mol. The van der Waals surface area contributed by atoms with Gasteiger partial charge in [0.05, 0.1) is 6.54 Å². The Labute approximate surface area is 159 Å². The minimum Gasteiger partial charge on any atom is -0.424 e. The zero-order valence-electron chi connectivity index (χ0n) is 15.9. The molecule has 144 valence electrons. The number of pyridine rings is 1. The van der Waals surface area contributed by atoms with E-state index in [1.165, 1.54) is 12.8 Å². The van der Waals surface area contributed by atoms with Crippen molar-refractivity contribution in [3.05, 3.63) is 41.9 Å². The van der Waals surface area contributed by atoms with Gasteiger partial charge < -0.3 is 9.32 Å². The Hall–Kier alpha value is -2.28. The first-order valence-corrected chi connectivity index (χ1v) is 9.90. The molecule has 0 aromatic carbocycles. The maximum Gasteiger partial charge on any atom is 0.272 e. The number of nitrogens with zero attached hydrogens (tertiary/aromatic N) is 5. The minimum atomic E-state index is 0.0683. The monoisotopic (exact) mass is 369 g/mol. The second-order valence-electron chi connectivity index (χ2n) is 7.67. The summed E-state index contributed by atoms with van der Waals surface area (Å²) in [5, 5.41) is 8.00. The van der Waals surface area contributed by atoms with Crippen LogP contribution in [-0.2, 0) is 6.54 Å². The largest absolute Gasteiger partial charge is 0.424 e. The van der Waals surface area contributed by atoms with Gasteiger partial charge in [-0.3, -0.25) is 14.7 Å². The lowest BCUT2D eigenvalue weighted by Crippen LogP contribution is -2.42. The predicted octanol–water partition coefficient (Wildman–Crippen LogP) is 2.54. The average Bonchev–Trinajstić information content (AvgIpc) is 3.13. The van der Waals surface area contributed by atoms with Crippen molar-refractivity contribution in [1.82, 2.24) is 25.0 Å². The summed E-state index contributed by atoms with van der Waals surface area (Å²) in [5.74, 6) is 2.90. The van der Waals surface area contributed by atoms with E-state index in [-0.39, 0.29) is 5.91 Å². The normalized spacial score (nSPS) is 20.1. The van der Waals surface area contributed by atoms with Crippen LogP contribution >= 0.6 is 0 Å². The molecule has 0 unspecified atom stereocenters. The van der Waals surface area contributed by atoms with Crippen molar-refractivity contribution in [3.8, 4) is 0 Å². The molecule has 0 atom stereocenters. The van der Waals surface area contributed by atoms with Crippen molar-refractivity contribution >= 4 is 5.91 Å². The van der Waals surface area contributed by atoms with Crippen LogP contribution in [0.2, 0.25) is 0 Å². The number of carbonyl (C=O) groups excluding carboxylic acids is 1. The van der Waals surface area contributed by atoms with Gasteiger partial charge in [0, 0.05) is 26.2 Å². The van der Waals surface area contributed by atoms with E-state index in [4.69, 9.17) is 4.42 Å². The van der Waals surface area contributed by atoms with Crippen molar-refractivity contribution < 1.29 is 9.21 Å². The van der Waals surface area contributed by atoms with E-state index in [2.05, 4.69) is 20.1 Å². The summed E-state index contributed by atoms with van der Waals surface area (Å²) in [5.41, 5.74) is 0.556. The lowest BCUT2D eigenvalue weighted by Gasteiger charge is -2.39. The van der Waals surface area contributed by atoms with E-state index >= 15 is 0 Å². The summed E-state index contributed by atoms with van der Waals surface area (Å²) >= 11 is 0. The van der Waals surface area contributed by atoms with Crippen LogP contribution in [-0.4, -0.2) is 57.1 Å². The topological polar surface area (TPSA) is 75.4 Å². The van der Waals surface area contributed by atoms with Crippen LogP contribution in [0, 0.1) is 18.8 Å². The Kier molecular flexibility index (Phi) is 5.48. The van der Waals surface area contributed by atoms with Gasteiger partial charge in [0.15, 0.2) is 0 Å². The molecule has 4 heterocycles. The van der Waals surface area contributed by atoms with Crippen molar-refractivity contribution in [2.24, 2.45) is 11.8 Å². The fraction of sp³-hybridized carbons (Fsp3) is 0.600. The minimum absolute atomic E-state index is 0.0683. The highest BCUT2D eigenvalue weighted by Gasteiger charge is 2.31. The van der Waals surface area contributed by atoms with Gasteiger partial charge in [-0.15, -0.1) is 10.2 Å². The van der Waals surface area contributed by atoms with Crippen molar-refractivity contribution in [2.45, 2.75) is 39.2 Å². The van der Waals surface area contributed by atoms with Gasteiger partial charge in [-0.25, -0.2) is 0 Å². The molecule has 4 rings (SSSR count). The van der Waals surface area contributed by atoms with E-state index < -0.39 is 0 Å². The molecular formula is C20H27N5O2. The number of aryl methyl sites for hydroxylation is 1. The van der Waals surface area contributed by atoms with Crippen molar-refractivity contribution in [1.29, 1.82) is 0 Å². The highest BCUT2D eigenvalue weighted by molar-refractivity contribution is 5.92. The highest BCUT2D eigenvalue weighted by Crippen LogP contribution is 2.33. The number of aromatic nitrogens is 3. The lowest BCUT2D eigenvalue weighted by atomic mass is 9.78. The van der Waals surface area contributed by atoms with Crippen LogP contribution in [0.15, 0.2) is 28.8 Å². The maximum atomic E-state index is 12.5. The number of hydrogen-bond donors (Lipinski definition) is 0. The molecule has 2 fully saturated rings. The average molecular weight is 369 g/mol. The second kappa shape index (κ2) is 8.17. The smallest absolute Gasteiger partial charge is 0.272 e. The van der Waals surface area contributed by atoms with E-state index in [1.807, 2.05) is 24.0 Å². The SMILES string of the molecule is Cc1nnc(CN2CCC(C3CCN(C(=O)c4ccccn4)CC3)CC2)o1. The molecule has 0 N–H and O–H groups in total. The third-order valence-electron chi connectivity index (χ3n) is 5.94. The fourth-order valence-electron chi connectivity index (χ4n) is 4.40. The summed E-state index contributed by atoms with van der Waals surface area (Å²) in [6, 6.07) is 5.51. The summed E-state index contributed by atoms with van der Waals surface area (Å²) in [7, 11) is 0. The van der Waals surface area contributed by atoms with E-state index in [0.717, 1.165) is 57.4 Å². The van der Waals surface area contributed by atoms with Crippen LogP contribution in [0.3, 0.4) is 0 Å². The van der Waals surface area contributed by atoms with Crippen LogP contribution in [0.4, 0.5) is 0 Å². The highest BCUT2D eigenvalue weighted by atomic mass is 16.4. The Morgan fingerprint density at radius 1 is 1.07 bits per heavy atom. The first-order valence-electron chi connectivity index (χ1n) is 9.90. The molecule has 2 aromatic rings. The van der Waals surface area contributed by atoms with Crippen LogP contribution in [0.5, 0.6) is 0 Å². The van der Waals surface area contributed by atoms with Crippen LogP contribution in [0.25, 0.3) is 0 Å². The molecule has 7 nitrogen and oxygen atoms in total. The van der Waals surface area contributed by atoms with Gasteiger partial charge >= 0.3 is 0 Å². The summed E-state index contributed by atoms with van der Waals surface area (Å²) in [6.07, 6.45) is 6.32. The first kappa shape index (κ1) is 18.1. The zero-order chi connectivity index (χ0) is 18.6. The van der Waals surface area contributed by atoms with E-state index in [0.29, 0.717) is 17.5 Å². The number of rotatable bonds is 4. The molecule has 2 aromatic heterocycles. The molecule has 0 spiro atoms. The van der Waals surface area contributed by atoms with Gasteiger partial charge in [-0.1, -0.05) is 6.07 Å². The van der Waals surface area contributed by atoms with Crippen LogP contribution in [0.1, 0.15) is 48.0 Å². The number of piperidine rings is 2. The molecule has 2 saturated heterocycles. The lowest BCUT2D eigenvalue weighted by molar-refractivity contribution is 0.0588. The van der Waals surface area contributed by atoms with E-state index in [1.54, 1.807) is 12.3 Å². The fourth-order valence-corrected chi connectivity index (χ4v) is 4.40. The predicted molar refractivity (Wildman–Crippen MR) is 99.9 cm³/mol. The number of amides is 1. The molecule has 0 radical (unpaired) electrons. The molecule has 0 aliphatic carbocycles. The Morgan fingerprint density at radius 3 is 2.37 bits per heavy atom. The standard InChI is InChI=1S/C20H27N5O2/c1-15-22-23-19(27-15)14-24-10-5-16(6-11-24)17-7-12-25(13-8-17)20(26)18-4-2-3-9-21-18/h2-4,9,16-17H,5-8,10-14H2,1H3. The molecule has 2 aliphatic rings. The zero-order valence-corrected chi connectivity index (χ0v) is 15.9. The summed E-state index contributed by atoms with van der Waals surface area (Å²) < 4.78 is 5.49. The molecule has 2 aliphatic heterocycles. The number of carbonyl (C=O) groups is 1. The first-order chi connectivity index (χ1) is 13.2. The number of hydrogen-bond acceptors (Lipinski definition) is 6. The summed E-state index contributed by atoms with van der Waals surface area (Å²) in [4.78, 5) is 21.1. The molecule has 27 heavy (non-hydrogen) atoms. The van der Waals surface area contributed by atoms with Crippen LogP contribution < -0.4 is 0 Å². The maximum absolute atomic E-state index is 12.5. The Bertz CT molecular complexity index is 747. The van der Waals surface area contributed by atoms with E-state index in [9.17, 15) is 4.79 Å². The van der Waals surface area contributed by atoms with Gasteiger partial charge in [-0.2, -0.15) is 0 Å². The molecule has 0 saturated carbocycles. The second-order valence-corrected chi connectivity index (χ2v) is 7.67. The Balaban J connectivity index is 1.23. The number of likely N-dealkylation sites (tertiary alicyclic amines) is 2. The summed E-state index contributed by atoms with van der Waals surface area (Å²) in [6.45, 7) is 6.44. The molecule has 1 amide bonds. The van der Waals surface area contributed by atoms with Gasteiger partial charge in [0.2, 0.25) is 11.8 Å². The quantitative estimate of drug-likeness (QED) is 0.824.